The summed E-state index contributed by atoms with van der Waals surface area (Å²) < 4.78 is 4.45. The second kappa shape index (κ2) is 5.14. The summed E-state index contributed by atoms with van der Waals surface area (Å²) in [4.78, 5) is 13.4. The molecule has 0 aliphatic carbocycles. The van der Waals surface area contributed by atoms with Crippen molar-refractivity contribution >= 4 is 38.8 Å². The summed E-state index contributed by atoms with van der Waals surface area (Å²) in [5.41, 5.74) is 1.94. The number of fused-ring (bicyclic) bond motifs is 1. The van der Waals surface area contributed by atoms with Gasteiger partial charge in [-0.25, -0.2) is 0 Å². The first-order valence-corrected chi connectivity index (χ1v) is 7.74. The van der Waals surface area contributed by atoms with E-state index >= 15 is 0 Å². The molecule has 0 radical (unpaired) electrons. The molecule has 0 bridgehead atoms. The Morgan fingerprint density at radius 2 is 1.85 bits per heavy atom. The van der Waals surface area contributed by atoms with Gasteiger partial charge in [0.1, 0.15) is 5.52 Å². The first-order chi connectivity index (χ1) is 9.56. The van der Waals surface area contributed by atoms with Crippen LogP contribution in [0.1, 0.15) is 5.56 Å². The first kappa shape index (κ1) is 13.5. The van der Waals surface area contributed by atoms with Crippen LogP contribution in [0.2, 0.25) is 0 Å². The summed E-state index contributed by atoms with van der Waals surface area (Å²) >= 11 is 5.05. The van der Waals surface area contributed by atoms with Crippen molar-refractivity contribution in [3.63, 3.8) is 0 Å². The minimum absolute atomic E-state index is 0.00723. The monoisotopic (exact) mass is 348 g/mol. The van der Waals surface area contributed by atoms with Gasteiger partial charge < -0.3 is 4.57 Å². The van der Waals surface area contributed by atoms with Crippen LogP contribution in [0.5, 0.6) is 0 Å². The Morgan fingerprint density at radius 3 is 2.55 bits per heavy atom. The van der Waals surface area contributed by atoms with Crippen LogP contribution in [-0.2, 0) is 7.05 Å². The van der Waals surface area contributed by atoms with Crippen LogP contribution in [0, 0.1) is 6.92 Å². The number of benzene rings is 1. The Kier molecular flexibility index (Phi) is 3.48. The van der Waals surface area contributed by atoms with Crippen LogP contribution < -0.4 is 5.56 Å². The summed E-state index contributed by atoms with van der Waals surface area (Å²) in [7, 11) is 1.76. The molecule has 0 unspecified atom stereocenters. The molecule has 3 nitrogen and oxygen atoms in total. The van der Waals surface area contributed by atoms with E-state index in [0.717, 1.165) is 14.8 Å². The number of halogens is 1. The molecule has 3 rings (SSSR count). The quantitative estimate of drug-likeness (QED) is 0.700. The van der Waals surface area contributed by atoms with Gasteiger partial charge in [0, 0.05) is 34.2 Å². The van der Waals surface area contributed by atoms with Gasteiger partial charge in [0.05, 0.1) is 0 Å². The molecule has 0 atom stereocenters. The molecule has 2 aromatic heterocycles. The van der Waals surface area contributed by atoms with Crippen molar-refractivity contribution in [1.82, 2.24) is 8.54 Å². The van der Waals surface area contributed by atoms with Crippen molar-refractivity contribution in [2.24, 2.45) is 7.05 Å². The summed E-state index contributed by atoms with van der Waals surface area (Å²) in [6.07, 6.45) is 3.73. The highest BCUT2D eigenvalue weighted by molar-refractivity contribution is 9.10. The van der Waals surface area contributed by atoms with Crippen LogP contribution in [0.4, 0.5) is 0 Å². The number of nitrogens with zero attached hydrogens (tertiary/aromatic N) is 2. The fraction of sp³-hybridized carbons (Fsp3) is 0.133. The highest BCUT2D eigenvalue weighted by Crippen LogP contribution is 2.28. The standard InChI is InChI=1S/C15H13BrN2OS/c1-10-3-5-11(6-4-10)20-18-8-7-12-13(16)9-17(2)15(19)14(12)18/h3-9H,1-2H3. The molecule has 102 valence electrons. The predicted octanol–water partition coefficient (Wildman–Crippen LogP) is 3.97. The van der Waals surface area contributed by atoms with E-state index in [1.807, 2.05) is 16.2 Å². The fourth-order valence-corrected chi connectivity index (χ4v) is 3.57. The molecule has 0 saturated heterocycles. The zero-order valence-corrected chi connectivity index (χ0v) is 13.5. The molecule has 0 spiro atoms. The number of hydrogen-bond acceptors (Lipinski definition) is 2. The number of aromatic nitrogens is 2. The topological polar surface area (TPSA) is 26.9 Å². The van der Waals surface area contributed by atoms with Gasteiger partial charge in [-0.3, -0.25) is 8.77 Å². The molecule has 0 amide bonds. The molecule has 5 heteroatoms. The average molecular weight is 349 g/mol. The second-order valence-corrected chi connectivity index (χ2v) is 6.60. The molecule has 0 saturated carbocycles. The summed E-state index contributed by atoms with van der Waals surface area (Å²) in [5, 5.41) is 0.938. The third-order valence-corrected chi connectivity index (χ3v) is 4.78. The Hall–Kier alpha value is -1.46. The lowest BCUT2D eigenvalue weighted by Gasteiger charge is -2.06. The van der Waals surface area contributed by atoms with Gasteiger partial charge in [-0.15, -0.1) is 0 Å². The van der Waals surface area contributed by atoms with E-state index in [4.69, 9.17) is 0 Å². The number of rotatable bonds is 2. The maximum atomic E-state index is 12.3. The Bertz CT molecular complexity index is 833. The molecule has 20 heavy (non-hydrogen) atoms. The van der Waals surface area contributed by atoms with Gasteiger partial charge >= 0.3 is 0 Å². The van der Waals surface area contributed by atoms with Crippen molar-refractivity contribution in [1.29, 1.82) is 0 Å². The van der Waals surface area contributed by atoms with E-state index in [1.165, 1.54) is 5.56 Å². The zero-order valence-electron chi connectivity index (χ0n) is 11.1. The van der Waals surface area contributed by atoms with E-state index in [2.05, 4.69) is 47.1 Å². The smallest absolute Gasteiger partial charge is 0.275 e. The highest BCUT2D eigenvalue weighted by Gasteiger charge is 2.11. The summed E-state index contributed by atoms with van der Waals surface area (Å²) in [5.74, 6) is 0. The third-order valence-electron chi connectivity index (χ3n) is 3.16. The van der Waals surface area contributed by atoms with Crippen LogP contribution in [0.25, 0.3) is 10.9 Å². The number of pyridine rings is 1. The van der Waals surface area contributed by atoms with E-state index in [0.29, 0.717) is 5.52 Å². The minimum atomic E-state index is 0.00723. The minimum Gasteiger partial charge on any atom is -0.316 e. The van der Waals surface area contributed by atoms with Crippen molar-refractivity contribution < 1.29 is 0 Å². The molecular weight excluding hydrogens is 336 g/mol. The van der Waals surface area contributed by atoms with Crippen LogP contribution in [0.15, 0.2) is 56.9 Å². The van der Waals surface area contributed by atoms with Crippen LogP contribution in [-0.4, -0.2) is 8.54 Å². The fourth-order valence-electron chi connectivity index (χ4n) is 2.07. The maximum Gasteiger partial charge on any atom is 0.275 e. The van der Waals surface area contributed by atoms with E-state index < -0.39 is 0 Å². The Labute approximate surface area is 129 Å². The van der Waals surface area contributed by atoms with E-state index in [9.17, 15) is 4.79 Å². The molecule has 3 aromatic rings. The maximum absolute atomic E-state index is 12.3. The van der Waals surface area contributed by atoms with Gasteiger partial charge in [0.15, 0.2) is 0 Å². The van der Waals surface area contributed by atoms with Crippen molar-refractivity contribution in [2.75, 3.05) is 0 Å². The molecule has 0 aliphatic heterocycles. The van der Waals surface area contributed by atoms with Crippen LogP contribution in [0.3, 0.4) is 0 Å². The first-order valence-electron chi connectivity index (χ1n) is 6.17. The third kappa shape index (κ3) is 2.31. The molecule has 0 fully saturated rings. The Balaban J connectivity index is 2.13. The lowest BCUT2D eigenvalue weighted by atomic mass is 10.2. The van der Waals surface area contributed by atoms with Crippen molar-refractivity contribution in [2.45, 2.75) is 11.8 Å². The lowest BCUT2D eigenvalue weighted by molar-refractivity contribution is 0.865. The average Bonchev–Trinajstić information content (AvgIpc) is 2.83. The normalized spacial score (nSPS) is 11.2. The Morgan fingerprint density at radius 1 is 1.15 bits per heavy atom. The summed E-state index contributed by atoms with van der Waals surface area (Å²) in [6.45, 7) is 2.06. The van der Waals surface area contributed by atoms with Crippen molar-refractivity contribution in [3.8, 4) is 0 Å². The largest absolute Gasteiger partial charge is 0.316 e. The van der Waals surface area contributed by atoms with Gasteiger partial charge in [-0.05, 0) is 53.0 Å². The van der Waals surface area contributed by atoms with Gasteiger partial charge in [0.25, 0.3) is 5.56 Å². The molecule has 1 aromatic carbocycles. The molecule has 0 aliphatic rings. The lowest BCUT2D eigenvalue weighted by Crippen LogP contribution is -2.17. The SMILES string of the molecule is Cc1ccc(Sn2ccc3c(Br)cn(C)c(=O)c32)cc1. The molecule has 2 heterocycles. The van der Waals surface area contributed by atoms with Crippen molar-refractivity contribution in [3.05, 3.63) is 63.1 Å². The van der Waals surface area contributed by atoms with E-state index in [-0.39, 0.29) is 5.56 Å². The zero-order chi connectivity index (χ0) is 14.3. The van der Waals surface area contributed by atoms with E-state index in [1.54, 1.807) is 29.8 Å². The highest BCUT2D eigenvalue weighted by atomic mass is 79.9. The summed E-state index contributed by atoms with van der Waals surface area (Å²) in [6, 6.07) is 10.2. The van der Waals surface area contributed by atoms with Gasteiger partial charge in [-0.1, -0.05) is 17.7 Å². The predicted molar refractivity (Wildman–Crippen MR) is 87.3 cm³/mol. The van der Waals surface area contributed by atoms with Gasteiger partial charge in [0.2, 0.25) is 0 Å². The number of hydrogen-bond donors (Lipinski definition) is 0. The number of aryl methyl sites for hydroxylation is 2. The second-order valence-electron chi connectivity index (χ2n) is 4.70. The molecule has 0 N–H and O–H groups in total. The van der Waals surface area contributed by atoms with Gasteiger partial charge in [-0.2, -0.15) is 0 Å². The van der Waals surface area contributed by atoms with Crippen LogP contribution >= 0.6 is 27.9 Å². The molecular formula is C15H13BrN2OS.